The van der Waals surface area contributed by atoms with Crippen molar-refractivity contribution in [2.75, 3.05) is 0 Å². The minimum Gasteiger partial charge on any atom is -0.411 e. The Hall–Kier alpha value is -0.830. The molecule has 0 spiro atoms. The molecule has 0 atom stereocenters. The van der Waals surface area contributed by atoms with E-state index >= 15 is 0 Å². The van der Waals surface area contributed by atoms with Gasteiger partial charge in [-0.1, -0.05) is 5.16 Å². The van der Waals surface area contributed by atoms with Gasteiger partial charge in [-0.05, 0) is 30.7 Å². The molecule has 3 heteroatoms. The van der Waals surface area contributed by atoms with Gasteiger partial charge in [-0.3, -0.25) is 0 Å². The van der Waals surface area contributed by atoms with Crippen molar-refractivity contribution in [1.82, 2.24) is 0 Å². The van der Waals surface area contributed by atoms with Crippen LogP contribution >= 0.6 is 11.3 Å². The Morgan fingerprint density at radius 2 is 2.36 bits per heavy atom. The lowest BCUT2D eigenvalue weighted by Gasteiger charge is -2.10. The summed E-state index contributed by atoms with van der Waals surface area (Å²) in [6, 6.07) is 2.04. The summed E-state index contributed by atoms with van der Waals surface area (Å²) in [5.74, 6) is 0. The standard InChI is InChI=1S/C8H9NOS/c10-9-7-2-1-3-8-6(7)4-5-11-8/h4-5,10H,1-3H2/b9-7-. The molecule has 2 rings (SSSR count). The first kappa shape index (κ1) is 6.85. The molecule has 1 N–H and O–H groups in total. The number of aryl methyl sites for hydroxylation is 1. The van der Waals surface area contributed by atoms with Crippen LogP contribution in [0, 0.1) is 0 Å². The molecule has 0 saturated heterocycles. The van der Waals surface area contributed by atoms with E-state index in [4.69, 9.17) is 5.21 Å². The summed E-state index contributed by atoms with van der Waals surface area (Å²) in [5, 5.41) is 14.0. The summed E-state index contributed by atoms with van der Waals surface area (Å²) in [7, 11) is 0. The number of fused-ring (bicyclic) bond motifs is 1. The van der Waals surface area contributed by atoms with Gasteiger partial charge in [0.2, 0.25) is 0 Å². The van der Waals surface area contributed by atoms with E-state index in [1.807, 2.05) is 6.07 Å². The van der Waals surface area contributed by atoms with Gasteiger partial charge in [0, 0.05) is 10.4 Å². The zero-order valence-electron chi connectivity index (χ0n) is 6.08. The fourth-order valence-electron chi connectivity index (χ4n) is 1.45. The van der Waals surface area contributed by atoms with E-state index in [1.54, 1.807) is 11.3 Å². The van der Waals surface area contributed by atoms with Crippen molar-refractivity contribution in [3.05, 3.63) is 21.9 Å². The highest BCUT2D eigenvalue weighted by molar-refractivity contribution is 7.10. The maximum Gasteiger partial charge on any atom is 0.0879 e. The molecule has 1 aliphatic carbocycles. The van der Waals surface area contributed by atoms with Crippen molar-refractivity contribution in [1.29, 1.82) is 0 Å². The summed E-state index contributed by atoms with van der Waals surface area (Å²) < 4.78 is 0. The van der Waals surface area contributed by atoms with Crippen molar-refractivity contribution < 1.29 is 5.21 Å². The van der Waals surface area contributed by atoms with Crippen LogP contribution in [0.3, 0.4) is 0 Å². The first-order valence-corrected chi connectivity index (χ1v) is 4.57. The summed E-state index contributed by atoms with van der Waals surface area (Å²) >= 11 is 1.75. The van der Waals surface area contributed by atoms with Crippen molar-refractivity contribution in [3.8, 4) is 0 Å². The van der Waals surface area contributed by atoms with E-state index in [9.17, 15) is 0 Å². The van der Waals surface area contributed by atoms with Crippen LogP contribution in [-0.2, 0) is 6.42 Å². The van der Waals surface area contributed by atoms with Gasteiger partial charge in [-0.2, -0.15) is 0 Å². The van der Waals surface area contributed by atoms with Crippen molar-refractivity contribution >= 4 is 17.0 Å². The van der Waals surface area contributed by atoms with Crippen LogP contribution < -0.4 is 0 Å². The first-order chi connectivity index (χ1) is 5.42. The van der Waals surface area contributed by atoms with Crippen molar-refractivity contribution in [3.63, 3.8) is 0 Å². The number of thiophene rings is 1. The topological polar surface area (TPSA) is 32.6 Å². The molecule has 0 aromatic carbocycles. The van der Waals surface area contributed by atoms with E-state index < -0.39 is 0 Å². The maximum atomic E-state index is 8.65. The van der Waals surface area contributed by atoms with Gasteiger partial charge < -0.3 is 5.21 Å². The van der Waals surface area contributed by atoms with Gasteiger partial charge in [0.25, 0.3) is 0 Å². The van der Waals surface area contributed by atoms with Gasteiger partial charge in [-0.25, -0.2) is 0 Å². The van der Waals surface area contributed by atoms with E-state index in [0.717, 1.165) is 30.5 Å². The second kappa shape index (κ2) is 2.66. The first-order valence-electron chi connectivity index (χ1n) is 3.69. The lowest BCUT2D eigenvalue weighted by molar-refractivity contribution is 0.317. The van der Waals surface area contributed by atoms with Crippen LogP contribution in [0.4, 0.5) is 0 Å². The minimum atomic E-state index is 0.854. The fraction of sp³-hybridized carbons (Fsp3) is 0.375. The zero-order valence-corrected chi connectivity index (χ0v) is 6.90. The minimum absolute atomic E-state index is 0.854. The molecule has 0 unspecified atom stereocenters. The lowest BCUT2D eigenvalue weighted by Crippen LogP contribution is -2.08. The van der Waals surface area contributed by atoms with Gasteiger partial charge >= 0.3 is 0 Å². The van der Waals surface area contributed by atoms with Crippen LogP contribution in [0.1, 0.15) is 23.3 Å². The number of rotatable bonds is 0. The Kier molecular flexibility index (Phi) is 1.66. The van der Waals surface area contributed by atoms with Crippen LogP contribution in [0.25, 0.3) is 0 Å². The number of hydrogen-bond donors (Lipinski definition) is 1. The molecule has 0 saturated carbocycles. The predicted octanol–water partition coefficient (Wildman–Crippen LogP) is 2.26. The highest BCUT2D eigenvalue weighted by Crippen LogP contribution is 2.26. The molecule has 1 aromatic rings. The lowest BCUT2D eigenvalue weighted by atomic mass is 9.97. The highest BCUT2D eigenvalue weighted by atomic mass is 32.1. The molecule has 1 aromatic heterocycles. The number of nitrogens with zero attached hydrogens (tertiary/aromatic N) is 1. The second-order valence-electron chi connectivity index (χ2n) is 2.66. The molecule has 1 heterocycles. The molecule has 0 fully saturated rings. The molecule has 1 aliphatic rings. The average molecular weight is 167 g/mol. The third-order valence-corrected chi connectivity index (χ3v) is 2.98. The molecular weight excluding hydrogens is 158 g/mol. The summed E-state index contributed by atoms with van der Waals surface area (Å²) in [5.41, 5.74) is 2.01. The molecule has 0 bridgehead atoms. The fourth-order valence-corrected chi connectivity index (χ4v) is 2.39. The Bertz CT molecular complexity index is 290. The molecule has 0 aliphatic heterocycles. The summed E-state index contributed by atoms with van der Waals surface area (Å²) in [6.07, 6.45) is 3.18. The third-order valence-electron chi connectivity index (χ3n) is 1.99. The Balaban J connectivity index is 2.48. The van der Waals surface area contributed by atoms with Gasteiger partial charge in [0.1, 0.15) is 0 Å². The van der Waals surface area contributed by atoms with Crippen LogP contribution in [0.2, 0.25) is 0 Å². The summed E-state index contributed by atoms with van der Waals surface area (Å²) in [6.45, 7) is 0. The van der Waals surface area contributed by atoms with Crippen LogP contribution in [-0.4, -0.2) is 10.9 Å². The maximum absolute atomic E-state index is 8.65. The van der Waals surface area contributed by atoms with Gasteiger partial charge in [0.15, 0.2) is 0 Å². The Morgan fingerprint density at radius 1 is 1.45 bits per heavy atom. The number of oxime groups is 1. The monoisotopic (exact) mass is 167 g/mol. The second-order valence-corrected chi connectivity index (χ2v) is 3.66. The quantitative estimate of drug-likeness (QED) is 0.466. The molecule has 0 radical (unpaired) electrons. The van der Waals surface area contributed by atoms with Crippen molar-refractivity contribution in [2.24, 2.45) is 5.16 Å². The van der Waals surface area contributed by atoms with Crippen LogP contribution in [0.15, 0.2) is 16.6 Å². The highest BCUT2D eigenvalue weighted by Gasteiger charge is 2.16. The third kappa shape index (κ3) is 1.05. The van der Waals surface area contributed by atoms with Crippen LogP contribution in [0.5, 0.6) is 0 Å². The van der Waals surface area contributed by atoms with E-state index in [-0.39, 0.29) is 0 Å². The van der Waals surface area contributed by atoms with Gasteiger partial charge in [0.05, 0.1) is 5.71 Å². The SMILES string of the molecule is O/N=C1/CCCc2sccc21. The number of hydrogen-bond acceptors (Lipinski definition) is 3. The molecule has 0 amide bonds. The predicted molar refractivity (Wildman–Crippen MR) is 45.6 cm³/mol. The largest absolute Gasteiger partial charge is 0.411 e. The van der Waals surface area contributed by atoms with Gasteiger partial charge in [-0.15, -0.1) is 11.3 Å². The normalized spacial score (nSPS) is 20.2. The molecule has 2 nitrogen and oxygen atoms in total. The molecular formula is C8H9NOS. The average Bonchev–Trinajstić information content (AvgIpc) is 2.50. The van der Waals surface area contributed by atoms with E-state index in [1.165, 1.54) is 4.88 Å². The van der Waals surface area contributed by atoms with E-state index in [0.29, 0.717) is 0 Å². The Morgan fingerprint density at radius 3 is 3.18 bits per heavy atom. The van der Waals surface area contributed by atoms with E-state index in [2.05, 4.69) is 10.5 Å². The molecule has 11 heavy (non-hydrogen) atoms. The smallest absolute Gasteiger partial charge is 0.0879 e. The summed E-state index contributed by atoms with van der Waals surface area (Å²) in [4.78, 5) is 1.36. The molecule has 58 valence electrons. The van der Waals surface area contributed by atoms with Crippen molar-refractivity contribution in [2.45, 2.75) is 19.3 Å². The zero-order chi connectivity index (χ0) is 7.68. The Labute approximate surface area is 69.2 Å².